The molecule has 55 heavy (non-hydrogen) atoms. The van der Waals surface area contributed by atoms with Crippen molar-refractivity contribution < 1.29 is 58.5 Å². The van der Waals surface area contributed by atoms with Gasteiger partial charge in [0.05, 0.1) is 12.1 Å². The number of carbonyl (C=O) groups is 3. The minimum Gasteiger partial charge on any atom is -0.444 e. The largest absolute Gasteiger partial charge is 0.444 e. The molecule has 1 aliphatic carbocycles. The number of carbonyl (C=O) groups excluding carboxylic acids is 3. The van der Waals surface area contributed by atoms with Crippen LogP contribution < -0.4 is 16.0 Å². The number of aliphatic hydroxyl groups is 4. The first-order valence-corrected chi connectivity index (χ1v) is 18.8. The van der Waals surface area contributed by atoms with Crippen LogP contribution in [-0.2, 0) is 30.2 Å². The van der Waals surface area contributed by atoms with E-state index in [1.165, 1.54) is 0 Å². The summed E-state index contributed by atoms with van der Waals surface area (Å²) in [6.45, 7) is 19.9. The number of rotatable bonds is 11. The summed E-state index contributed by atoms with van der Waals surface area (Å²) in [5.41, 5.74) is -0.641. The Kier molecular flexibility index (Phi) is 15.9. The van der Waals surface area contributed by atoms with Crippen molar-refractivity contribution >= 4 is 18.3 Å². The summed E-state index contributed by atoms with van der Waals surface area (Å²) in [5, 5.41) is 53.8. The van der Waals surface area contributed by atoms with Crippen molar-refractivity contribution in [1.82, 2.24) is 20.9 Å². The Balaban J connectivity index is 2.00. The van der Waals surface area contributed by atoms with Gasteiger partial charge >= 0.3 is 18.3 Å². The van der Waals surface area contributed by atoms with E-state index in [1.54, 1.807) is 62.3 Å². The van der Waals surface area contributed by atoms with Crippen molar-refractivity contribution in [2.75, 3.05) is 13.1 Å². The van der Waals surface area contributed by atoms with Crippen molar-refractivity contribution in [3.63, 3.8) is 0 Å². The van der Waals surface area contributed by atoms with Gasteiger partial charge in [0, 0.05) is 19.6 Å². The van der Waals surface area contributed by atoms with E-state index in [0.717, 1.165) is 11.1 Å². The van der Waals surface area contributed by atoms with Crippen LogP contribution >= 0.6 is 0 Å². The average Bonchev–Trinajstić information content (AvgIpc) is 3.03. The molecule has 3 amide bonds. The molecule has 0 radical (unpaired) electrons. The maximum atomic E-state index is 13.1. The predicted octanol–water partition coefficient (Wildman–Crippen LogP) is 3.09. The Morgan fingerprint density at radius 2 is 1.27 bits per heavy atom. The summed E-state index contributed by atoms with van der Waals surface area (Å²) in [7, 11) is 0. The van der Waals surface area contributed by atoms with Crippen LogP contribution in [0.15, 0.2) is 42.0 Å². The number of hydrogen-bond donors (Lipinski definition) is 7. The molecular weight excluding hydrogens is 716 g/mol. The molecule has 1 aromatic rings. The number of alkyl carbamates (subject to hydrolysis) is 3. The zero-order valence-corrected chi connectivity index (χ0v) is 34.1. The Bertz CT molecular complexity index is 1440. The molecule has 1 heterocycles. The summed E-state index contributed by atoms with van der Waals surface area (Å²) in [4.78, 5) is 40.9. The SMILES string of the molecule is C/C=C(\C)CN(Cc1ccccc1)C[C@H]1O[C@H](O[C@H]2[C@H](O)[C@@H](O)[C@H](NC(=O)OC(C)(C)C)C[C@@H]2NC(=O)OC(C)(C)C)[C@H](NC(=O)OC(C)(C)C)[C@@H](O)[C@@H]1O. The molecule has 10 atom stereocenters. The summed E-state index contributed by atoms with van der Waals surface area (Å²) in [5.74, 6) is 0. The minimum atomic E-state index is -1.77. The molecule has 3 rings (SSSR count). The molecule has 0 aromatic heterocycles. The fourth-order valence-electron chi connectivity index (χ4n) is 6.27. The van der Waals surface area contributed by atoms with E-state index in [2.05, 4.69) is 16.0 Å². The molecule has 312 valence electrons. The van der Waals surface area contributed by atoms with E-state index < -0.39 is 96.1 Å². The van der Waals surface area contributed by atoms with E-state index in [9.17, 15) is 34.8 Å². The summed E-state index contributed by atoms with van der Waals surface area (Å²) < 4.78 is 29.0. The zero-order valence-electron chi connectivity index (χ0n) is 34.1. The van der Waals surface area contributed by atoms with E-state index in [0.29, 0.717) is 13.1 Å². The number of aliphatic hydroxyl groups excluding tert-OH is 4. The molecule has 7 N–H and O–H groups in total. The number of ether oxygens (including phenoxy) is 5. The van der Waals surface area contributed by atoms with Crippen LogP contribution in [0.4, 0.5) is 14.4 Å². The molecular formula is C39H64N4O12. The molecule has 1 aromatic carbocycles. The molecule has 2 aliphatic rings. The fraction of sp³-hybridized carbons (Fsp3) is 0.718. The lowest BCUT2D eigenvalue weighted by Crippen LogP contribution is -2.70. The van der Waals surface area contributed by atoms with Gasteiger partial charge in [-0.2, -0.15) is 0 Å². The second-order valence-electron chi connectivity index (χ2n) is 17.3. The highest BCUT2D eigenvalue weighted by molar-refractivity contribution is 5.69. The monoisotopic (exact) mass is 780 g/mol. The number of hydrogen-bond acceptors (Lipinski definition) is 13. The van der Waals surface area contributed by atoms with E-state index in [1.807, 2.05) is 55.2 Å². The maximum Gasteiger partial charge on any atom is 0.408 e. The second-order valence-corrected chi connectivity index (χ2v) is 17.3. The first-order valence-electron chi connectivity index (χ1n) is 18.8. The molecule has 0 bridgehead atoms. The number of nitrogens with zero attached hydrogens (tertiary/aromatic N) is 1. The maximum absolute atomic E-state index is 13.1. The number of amides is 3. The van der Waals surface area contributed by atoms with Crippen molar-refractivity contribution in [1.29, 1.82) is 0 Å². The highest BCUT2D eigenvalue weighted by atomic mass is 16.7. The normalized spacial score (nSPS) is 29.3. The first kappa shape index (κ1) is 45.9. The lowest BCUT2D eigenvalue weighted by atomic mass is 9.83. The summed E-state index contributed by atoms with van der Waals surface area (Å²) in [6.07, 6.45) is -11.6. The summed E-state index contributed by atoms with van der Waals surface area (Å²) >= 11 is 0. The molecule has 16 heteroatoms. The lowest BCUT2D eigenvalue weighted by molar-refractivity contribution is -0.296. The Labute approximate surface area is 324 Å². The highest BCUT2D eigenvalue weighted by Crippen LogP contribution is 2.31. The van der Waals surface area contributed by atoms with Crippen molar-refractivity contribution in [3.05, 3.63) is 47.5 Å². The molecule has 0 unspecified atom stereocenters. The molecule has 1 saturated heterocycles. The van der Waals surface area contributed by atoms with Crippen molar-refractivity contribution in [2.24, 2.45) is 0 Å². The zero-order chi connectivity index (χ0) is 41.5. The number of allylic oxidation sites excluding steroid dienone is 1. The Morgan fingerprint density at radius 3 is 1.78 bits per heavy atom. The Morgan fingerprint density at radius 1 is 0.764 bits per heavy atom. The molecule has 0 spiro atoms. The lowest BCUT2D eigenvalue weighted by Gasteiger charge is -2.48. The first-order chi connectivity index (χ1) is 25.4. The van der Waals surface area contributed by atoms with Crippen LogP contribution in [-0.4, -0.2) is 135 Å². The van der Waals surface area contributed by atoms with Gasteiger partial charge < -0.3 is 60.1 Å². The third kappa shape index (κ3) is 14.8. The van der Waals surface area contributed by atoms with Gasteiger partial charge in [0.1, 0.15) is 59.5 Å². The van der Waals surface area contributed by atoms with Crippen molar-refractivity contribution in [2.45, 2.75) is 167 Å². The smallest absolute Gasteiger partial charge is 0.408 e. The third-order valence-electron chi connectivity index (χ3n) is 8.74. The van der Waals surface area contributed by atoms with Crippen molar-refractivity contribution in [3.8, 4) is 0 Å². The third-order valence-corrected chi connectivity index (χ3v) is 8.74. The van der Waals surface area contributed by atoms with Gasteiger partial charge in [-0.15, -0.1) is 0 Å². The fourth-order valence-corrected chi connectivity index (χ4v) is 6.27. The molecule has 2 fully saturated rings. The van der Waals surface area contributed by atoms with Gasteiger partial charge in [-0.1, -0.05) is 42.0 Å². The van der Waals surface area contributed by atoms with E-state index in [-0.39, 0.29) is 13.0 Å². The molecule has 16 nitrogen and oxygen atoms in total. The van der Waals surface area contributed by atoms with Gasteiger partial charge in [0.15, 0.2) is 6.29 Å². The van der Waals surface area contributed by atoms with Crippen LogP contribution in [0.1, 0.15) is 88.1 Å². The van der Waals surface area contributed by atoms with Crippen LogP contribution in [0.5, 0.6) is 0 Å². The van der Waals surface area contributed by atoms with E-state index >= 15 is 0 Å². The highest BCUT2D eigenvalue weighted by Gasteiger charge is 2.52. The van der Waals surface area contributed by atoms with Gasteiger partial charge in [-0.3, -0.25) is 4.90 Å². The minimum absolute atomic E-state index is 0.106. The standard InChI is InChI=1S/C39H64N4O12/c1-12-22(2)19-43(20-23-16-14-13-15-17-23)21-26-29(45)30(46)27(42-36(50)55-39(9,10)11)33(51-26)52-32-25(41-35(49)54-38(6,7)8)18-24(28(44)31(32)47)40-34(48)53-37(3,4)5/h12-17,24-33,44-47H,18-21H2,1-11H3,(H,40,48)(H,41,49)(H,42,50)/b22-12+/t24-,25+,26-,27-,28+,29-,30-,31-,32-,33-/m1/s1. The van der Waals surface area contributed by atoms with Crippen LogP contribution in [0.3, 0.4) is 0 Å². The van der Waals surface area contributed by atoms with Crippen LogP contribution in [0.25, 0.3) is 0 Å². The second kappa shape index (κ2) is 19.1. The number of benzene rings is 1. The van der Waals surface area contributed by atoms with Gasteiger partial charge in [-0.05, 0) is 88.1 Å². The predicted molar refractivity (Wildman–Crippen MR) is 203 cm³/mol. The van der Waals surface area contributed by atoms with Gasteiger partial charge in [0.25, 0.3) is 0 Å². The summed E-state index contributed by atoms with van der Waals surface area (Å²) in [6, 6.07) is 5.98. The van der Waals surface area contributed by atoms with Crippen LogP contribution in [0, 0.1) is 0 Å². The topological polar surface area (TPSA) is 218 Å². The Hall–Kier alpha value is -3.51. The van der Waals surface area contributed by atoms with Crippen LogP contribution in [0.2, 0.25) is 0 Å². The van der Waals surface area contributed by atoms with Gasteiger partial charge in [0.2, 0.25) is 0 Å². The quantitative estimate of drug-likeness (QED) is 0.127. The number of nitrogens with one attached hydrogen (secondary N) is 3. The molecule has 1 aliphatic heterocycles. The average molecular weight is 781 g/mol. The molecule has 1 saturated carbocycles. The van der Waals surface area contributed by atoms with E-state index in [4.69, 9.17) is 23.7 Å². The van der Waals surface area contributed by atoms with Gasteiger partial charge in [-0.25, -0.2) is 14.4 Å².